The van der Waals surface area contributed by atoms with Gasteiger partial charge in [-0.25, -0.2) is 4.39 Å². The van der Waals surface area contributed by atoms with Gasteiger partial charge in [-0.1, -0.05) is 11.6 Å². The van der Waals surface area contributed by atoms with E-state index < -0.39 is 0 Å². The van der Waals surface area contributed by atoms with E-state index in [1.165, 1.54) is 0 Å². The molecular formula is C10H9ClFN. The Balaban J connectivity index is 3.00. The molecule has 0 radical (unpaired) electrons. The van der Waals surface area contributed by atoms with Crippen molar-refractivity contribution in [2.75, 3.05) is 0 Å². The highest BCUT2D eigenvalue weighted by atomic mass is 35.5. The molecule has 0 amide bonds. The van der Waals surface area contributed by atoms with Gasteiger partial charge in [-0.15, -0.1) is 0 Å². The Morgan fingerprint density at radius 2 is 2.23 bits per heavy atom. The van der Waals surface area contributed by atoms with Crippen LogP contribution < -0.4 is 0 Å². The van der Waals surface area contributed by atoms with Gasteiger partial charge in [-0.2, -0.15) is 5.26 Å². The first-order valence-corrected chi connectivity index (χ1v) is 4.34. The summed E-state index contributed by atoms with van der Waals surface area (Å²) in [5, 5.41) is 8.87. The largest absolute Gasteiger partial charge is 0.206 e. The molecule has 0 unspecified atom stereocenters. The average Bonchev–Trinajstić information content (AvgIpc) is 2.09. The van der Waals surface area contributed by atoms with Crippen LogP contribution in [-0.4, -0.2) is 0 Å². The number of hydrogen-bond donors (Lipinski definition) is 0. The van der Waals surface area contributed by atoms with Crippen molar-refractivity contribution >= 4 is 11.6 Å². The van der Waals surface area contributed by atoms with E-state index in [0.29, 0.717) is 29.0 Å². The Hall–Kier alpha value is -1.07. The molecule has 1 aromatic carbocycles. The molecule has 0 saturated carbocycles. The monoisotopic (exact) mass is 197 g/mol. The van der Waals surface area contributed by atoms with Crippen LogP contribution in [0.4, 0.5) is 4.39 Å². The lowest BCUT2D eigenvalue weighted by Gasteiger charge is -2.04. The van der Waals surface area contributed by atoms with Crippen molar-refractivity contribution in [1.29, 1.82) is 5.26 Å². The number of nitriles is 1. The summed E-state index contributed by atoms with van der Waals surface area (Å²) in [6.45, 7) is 1.66. The van der Waals surface area contributed by atoms with Gasteiger partial charge in [0.2, 0.25) is 0 Å². The summed E-state index contributed by atoms with van der Waals surface area (Å²) in [4.78, 5) is 0. The Labute approximate surface area is 81.8 Å². The third-order valence-corrected chi connectivity index (χ3v) is 2.02. The smallest absolute Gasteiger partial charge is 0.129 e. The minimum absolute atomic E-state index is 0.250. The summed E-state index contributed by atoms with van der Waals surface area (Å²) in [7, 11) is 0. The van der Waals surface area contributed by atoms with Crippen LogP contribution in [0, 0.1) is 24.1 Å². The van der Waals surface area contributed by atoms with Crippen molar-refractivity contribution < 1.29 is 4.39 Å². The van der Waals surface area contributed by atoms with Gasteiger partial charge in [-0.05, 0) is 36.6 Å². The van der Waals surface area contributed by atoms with Gasteiger partial charge < -0.3 is 0 Å². The predicted molar refractivity (Wildman–Crippen MR) is 50.1 cm³/mol. The second kappa shape index (κ2) is 4.25. The molecule has 0 aliphatic rings. The average molecular weight is 198 g/mol. The third kappa shape index (κ3) is 2.43. The maximum atomic E-state index is 13.3. The summed E-state index contributed by atoms with van der Waals surface area (Å²) >= 11 is 5.75. The van der Waals surface area contributed by atoms with Crippen molar-refractivity contribution in [3.63, 3.8) is 0 Å². The van der Waals surface area contributed by atoms with E-state index in [9.17, 15) is 4.39 Å². The first kappa shape index (κ1) is 10.0. The van der Waals surface area contributed by atoms with Crippen LogP contribution in [0.2, 0.25) is 5.02 Å². The van der Waals surface area contributed by atoms with Crippen molar-refractivity contribution in [2.45, 2.75) is 19.8 Å². The van der Waals surface area contributed by atoms with Crippen LogP contribution in [0.25, 0.3) is 0 Å². The molecule has 0 bridgehead atoms. The highest BCUT2D eigenvalue weighted by Gasteiger charge is 2.06. The molecule has 1 aromatic rings. The predicted octanol–water partition coefficient (Wildman–Crippen LogP) is 3.24. The van der Waals surface area contributed by atoms with E-state index in [1.807, 2.05) is 6.07 Å². The summed E-state index contributed by atoms with van der Waals surface area (Å²) in [6.07, 6.45) is 0.737. The van der Waals surface area contributed by atoms with Gasteiger partial charge in [0.05, 0.1) is 6.07 Å². The van der Waals surface area contributed by atoms with Crippen LogP contribution in [0.3, 0.4) is 0 Å². The number of nitrogens with zero attached hydrogens (tertiary/aromatic N) is 1. The van der Waals surface area contributed by atoms with E-state index in [-0.39, 0.29) is 5.82 Å². The molecule has 13 heavy (non-hydrogen) atoms. The quantitative estimate of drug-likeness (QED) is 0.714. The zero-order valence-corrected chi connectivity index (χ0v) is 8.03. The van der Waals surface area contributed by atoms with Crippen LogP contribution in [-0.2, 0) is 6.42 Å². The third-order valence-electron chi connectivity index (χ3n) is 1.80. The number of rotatable bonds is 2. The van der Waals surface area contributed by atoms with Gasteiger partial charge in [0.25, 0.3) is 0 Å². The van der Waals surface area contributed by atoms with E-state index in [0.717, 1.165) is 0 Å². The first-order valence-electron chi connectivity index (χ1n) is 3.96. The van der Waals surface area contributed by atoms with Crippen LogP contribution in [0.1, 0.15) is 17.5 Å². The molecule has 1 nitrogen and oxygen atoms in total. The lowest BCUT2D eigenvalue weighted by Crippen LogP contribution is -1.93. The van der Waals surface area contributed by atoms with Gasteiger partial charge >= 0.3 is 0 Å². The molecule has 0 aromatic heterocycles. The molecule has 0 N–H and O–H groups in total. The number of benzene rings is 1. The maximum Gasteiger partial charge on any atom is 0.129 e. The number of aryl methyl sites for hydroxylation is 2. The SMILES string of the molecule is Cc1cc(Cl)cc(CCC#N)c1F. The van der Waals surface area contributed by atoms with E-state index in [1.54, 1.807) is 19.1 Å². The summed E-state index contributed by atoms with van der Waals surface area (Å²) in [6, 6.07) is 5.12. The summed E-state index contributed by atoms with van der Waals surface area (Å²) < 4.78 is 13.3. The molecule has 68 valence electrons. The molecule has 0 aliphatic heterocycles. The lowest BCUT2D eigenvalue weighted by molar-refractivity contribution is 0.601. The Morgan fingerprint density at radius 1 is 1.54 bits per heavy atom. The molecule has 0 saturated heterocycles. The van der Waals surface area contributed by atoms with E-state index >= 15 is 0 Å². The molecule has 0 fully saturated rings. The molecule has 3 heteroatoms. The number of hydrogen-bond acceptors (Lipinski definition) is 1. The van der Waals surface area contributed by atoms with E-state index in [4.69, 9.17) is 16.9 Å². The Morgan fingerprint density at radius 3 is 2.85 bits per heavy atom. The maximum absolute atomic E-state index is 13.3. The zero-order chi connectivity index (χ0) is 9.84. The van der Waals surface area contributed by atoms with Crippen LogP contribution >= 0.6 is 11.6 Å². The molecule has 1 rings (SSSR count). The fourth-order valence-electron chi connectivity index (χ4n) is 1.17. The fraction of sp³-hybridized carbons (Fsp3) is 0.300. The van der Waals surface area contributed by atoms with Crippen molar-refractivity contribution in [3.8, 4) is 6.07 Å². The first-order chi connectivity index (χ1) is 6.15. The van der Waals surface area contributed by atoms with Crippen molar-refractivity contribution in [2.24, 2.45) is 0 Å². The molecule has 0 heterocycles. The molecule has 0 atom stereocenters. The molecule has 0 spiro atoms. The fourth-order valence-corrected chi connectivity index (χ4v) is 1.46. The van der Waals surface area contributed by atoms with Crippen molar-refractivity contribution in [1.82, 2.24) is 0 Å². The van der Waals surface area contributed by atoms with Crippen molar-refractivity contribution in [3.05, 3.63) is 34.1 Å². The van der Waals surface area contributed by atoms with Crippen LogP contribution in [0.5, 0.6) is 0 Å². The molecular weight excluding hydrogens is 189 g/mol. The summed E-state index contributed by atoms with van der Waals surface area (Å²) in [5.41, 5.74) is 1.05. The number of halogens is 2. The van der Waals surface area contributed by atoms with Gasteiger partial charge in [0.15, 0.2) is 0 Å². The lowest BCUT2D eigenvalue weighted by atomic mass is 10.1. The minimum Gasteiger partial charge on any atom is -0.206 e. The zero-order valence-electron chi connectivity index (χ0n) is 7.27. The second-order valence-corrected chi connectivity index (χ2v) is 3.29. The Bertz CT molecular complexity index is 355. The highest BCUT2D eigenvalue weighted by molar-refractivity contribution is 6.30. The Kier molecular flexibility index (Phi) is 3.27. The second-order valence-electron chi connectivity index (χ2n) is 2.85. The molecule has 0 aliphatic carbocycles. The van der Waals surface area contributed by atoms with E-state index in [2.05, 4.69) is 0 Å². The summed E-state index contributed by atoms with van der Waals surface area (Å²) in [5.74, 6) is -0.250. The van der Waals surface area contributed by atoms with Gasteiger partial charge in [-0.3, -0.25) is 0 Å². The standard InChI is InChI=1S/C10H9ClFN/c1-7-5-9(11)6-8(10(7)12)3-2-4-13/h5-6H,2-3H2,1H3. The van der Waals surface area contributed by atoms with Crippen LogP contribution in [0.15, 0.2) is 12.1 Å². The van der Waals surface area contributed by atoms with Gasteiger partial charge in [0, 0.05) is 11.4 Å². The normalized spacial score (nSPS) is 9.69. The van der Waals surface area contributed by atoms with Gasteiger partial charge in [0.1, 0.15) is 5.82 Å². The topological polar surface area (TPSA) is 23.8 Å². The highest BCUT2D eigenvalue weighted by Crippen LogP contribution is 2.20. The minimum atomic E-state index is -0.250.